The summed E-state index contributed by atoms with van der Waals surface area (Å²) in [5.41, 5.74) is 0. The minimum atomic E-state index is -0.0378. The van der Waals surface area contributed by atoms with E-state index in [2.05, 4.69) is 10.6 Å². The van der Waals surface area contributed by atoms with Crippen molar-refractivity contribution in [1.82, 2.24) is 15.5 Å². The molecule has 16 heavy (non-hydrogen) atoms. The molecular formula is C11H21N3O2. The number of hydrogen-bond acceptors (Lipinski definition) is 3. The molecular weight excluding hydrogens is 206 g/mol. The molecule has 1 aliphatic heterocycles. The molecule has 0 aromatic heterocycles. The van der Waals surface area contributed by atoms with Gasteiger partial charge in [-0.1, -0.05) is 0 Å². The number of rotatable bonds is 5. The Morgan fingerprint density at radius 1 is 1.12 bits per heavy atom. The molecule has 1 fully saturated rings. The lowest BCUT2D eigenvalue weighted by Crippen LogP contribution is -2.42. The monoisotopic (exact) mass is 227 g/mol. The van der Waals surface area contributed by atoms with Crippen LogP contribution in [-0.2, 0) is 9.59 Å². The Labute approximate surface area is 96.6 Å². The van der Waals surface area contributed by atoms with Crippen LogP contribution in [0.5, 0.6) is 0 Å². The van der Waals surface area contributed by atoms with Crippen LogP contribution < -0.4 is 10.6 Å². The van der Waals surface area contributed by atoms with Gasteiger partial charge in [-0.2, -0.15) is 0 Å². The fourth-order valence-electron chi connectivity index (χ4n) is 1.78. The van der Waals surface area contributed by atoms with Gasteiger partial charge in [0, 0.05) is 33.1 Å². The molecule has 0 radical (unpaired) electrons. The van der Waals surface area contributed by atoms with Gasteiger partial charge in [-0.05, 0) is 19.3 Å². The zero-order valence-electron chi connectivity index (χ0n) is 9.92. The van der Waals surface area contributed by atoms with Crippen LogP contribution in [-0.4, -0.2) is 49.4 Å². The summed E-state index contributed by atoms with van der Waals surface area (Å²) in [6.45, 7) is 4.86. The van der Waals surface area contributed by atoms with E-state index in [4.69, 9.17) is 0 Å². The molecule has 5 nitrogen and oxygen atoms in total. The number of amides is 2. The molecule has 92 valence electrons. The Morgan fingerprint density at radius 3 is 2.44 bits per heavy atom. The first kappa shape index (κ1) is 13.0. The fraction of sp³-hybridized carbons (Fsp3) is 0.818. The maximum absolute atomic E-state index is 11.7. The largest absolute Gasteiger partial charge is 0.355 e. The van der Waals surface area contributed by atoms with Crippen molar-refractivity contribution >= 4 is 11.8 Å². The molecule has 0 aromatic carbocycles. The second-order valence-corrected chi connectivity index (χ2v) is 4.10. The van der Waals surface area contributed by atoms with Crippen molar-refractivity contribution in [2.75, 3.05) is 32.7 Å². The number of nitrogens with zero attached hydrogens (tertiary/aromatic N) is 1. The zero-order valence-corrected chi connectivity index (χ0v) is 9.92. The van der Waals surface area contributed by atoms with Crippen LogP contribution in [0.4, 0.5) is 0 Å². The van der Waals surface area contributed by atoms with E-state index in [-0.39, 0.29) is 11.8 Å². The molecule has 1 aliphatic rings. The van der Waals surface area contributed by atoms with Crippen LogP contribution in [0.25, 0.3) is 0 Å². The van der Waals surface area contributed by atoms with Gasteiger partial charge in [-0.25, -0.2) is 0 Å². The Hall–Kier alpha value is -1.10. The number of carbonyl (C=O) groups is 2. The first-order chi connectivity index (χ1) is 7.70. The van der Waals surface area contributed by atoms with Crippen LogP contribution in [0.15, 0.2) is 0 Å². The molecule has 5 heteroatoms. The maximum Gasteiger partial charge on any atom is 0.236 e. The summed E-state index contributed by atoms with van der Waals surface area (Å²) >= 11 is 0. The smallest absolute Gasteiger partial charge is 0.236 e. The van der Waals surface area contributed by atoms with E-state index in [1.165, 1.54) is 13.3 Å². The minimum Gasteiger partial charge on any atom is -0.355 e. The van der Waals surface area contributed by atoms with Gasteiger partial charge in [0.05, 0.1) is 6.54 Å². The highest BCUT2D eigenvalue weighted by Gasteiger charge is 2.15. The molecule has 0 atom stereocenters. The van der Waals surface area contributed by atoms with Gasteiger partial charge in [0.1, 0.15) is 0 Å². The van der Waals surface area contributed by atoms with E-state index in [0.29, 0.717) is 19.6 Å². The molecule has 1 rings (SSSR count). The molecule has 2 amide bonds. The van der Waals surface area contributed by atoms with Crippen molar-refractivity contribution in [2.24, 2.45) is 0 Å². The standard InChI is InChI=1S/C11H21N3O2/c1-10(15)13-6-5-12-9-11(16)14-7-3-2-4-8-14/h12H,2-9H2,1H3,(H,13,15). The van der Waals surface area contributed by atoms with Crippen molar-refractivity contribution in [3.8, 4) is 0 Å². The number of nitrogens with one attached hydrogen (secondary N) is 2. The fourth-order valence-corrected chi connectivity index (χ4v) is 1.78. The molecule has 0 unspecified atom stereocenters. The third-order valence-electron chi connectivity index (χ3n) is 2.66. The molecule has 2 N–H and O–H groups in total. The van der Waals surface area contributed by atoms with Gasteiger partial charge < -0.3 is 15.5 Å². The van der Waals surface area contributed by atoms with E-state index in [9.17, 15) is 9.59 Å². The van der Waals surface area contributed by atoms with Crippen LogP contribution >= 0.6 is 0 Å². The minimum absolute atomic E-state index is 0.0378. The lowest BCUT2D eigenvalue weighted by molar-refractivity contribution is -0.131. The predicted octanol–water partition coefficient (Wildman–Crippen LogP) is -0.275. The van der Waals surface area contributed by atoms with Crippen LogP contribution in [0.2, 0.25) is 0 Å². The van der Waals surface area contributed by atoms with E-state index >= 15 is 0 Å². The van der Waals surface area contributed by atoms with Crippen LogP contribution in [0.1, 0.15) is 26.2 Å². The summed E-state index contributed by atoms with van der Waals surface area (Å²) in [7, 11) is 0. The predicted molar refractivity (Wildman–Crippen MR) is 62.0 cm³/mol. The van der Waals surface area contributed by atoms with Crippen LogP contribution in [0, 0.1) is 0 Å². The van der Waals surface area contributed by atoms with Gasteiger partial charge in [0.2, 0.25) is 11.8 Å². The summed E-state index contributed by atoms with van der Waals surface area (Å²) in [5.74, 6) is 0.131. The summed E-state index contributed by atoms with van der Waals surface area (Å²) in [6, 6.07) is 0. The van der Waals surface area contributed by atoms with Crippen molar-refractivity contribution in [2.45, 2.75) is 26.2 Å². The van der Waals surface area contributed by atoms with E-state index < -0.39 is 0 Å². The lowest BCUT2D eigenvalue weighted by Gasteiger charge is -2.26. The second kappa shape index (κ2) is 7.22. The van der Waals surface area contributed by atoms with Crippen molar-refractivity contribution < 1.29 is 9.59 Å². The van der Waals surface area contributed by atoms with Crippen LogP contribution in [0.3, 0.4) is 0 Å². The number of carbonyl (C=O) groups excluding carboxylic acids is 2. The van der Waals surface area contributed by atoms with Gasteiger partial charge in [0.25, 0.3) is 0 Å². The molecule has 0 aliphatic carbocycles. The third-order valence-corrected chi connectivity index (χ3v) is 2.66. The Kier molecular flexibility index (Phi) is 5.85. The van der Waals surface area contributed by atoms with Gasteiger partial charge in [-0.15, -0.1) is 0 Å². The zero-order chi connectivity index (χ0) is 11.8. The first-order valence-corrected chi connectivity index (χ1v) is 5.93. The summed E-state index contributed by atoms with van der Waals surface area (Å²) in [4.78, 5) is 24.2. The summed E-state index contributed by atoms with van der Waals surface area (Å²) in [6.07, 6.45) is 3.48. The second-order valence-electron chi connectivity index (χ2n) is 4.10. The topological polar surface area (TPSA) is 61.4 Å². The van der Waals surface area contributed by atoms with Gasteiger partial charge >= 0.3 is 0 Å². The highest BCUT2D eigenvalue weighted by molar-refractivity contribution is 5.78. The lowest BCUT2D eigenvalue weighted by atomic mass is 10.1. The highest BCUT2D eigenvalue weighted by atomic mass is 16.2. The molecule has 0 spiro atoms. The Bertz CT molecular complexity index is 237. The number of hydrogen-bond donors (Lipinski definition) is 2. The van der Waals surface area contributed by atoms with Gasteiger partial charge in [-0.3, -0.25) is 9.59 Å². The molecule has 1 saturated heterocycles. The van der Waals surface area contributed by atoms with Crippen molar-refractivity contribution in [3.05, 3.63) is 0 Å². The summed E-state index contributed by atoms with van der Waals surface area (Å²) < 4.78 is 0. The van der Waals surface area contributed by atoms with Crippen molar-refractivity contribution in [3.63, 3.8) is 0 Å². The molecule has 0 aromatic rings. The SMILES string of the molecule is CC(=O)NCCNCC(=O)N1CCCCC1. The number of likely N-dealkylation sites (tertiary alicyclic amines) is 1. The molecule has 1 heterocycles. The quantitative estimate of drug-likeness (QED) is 0.635. The Morgan fingerprint density at radius 2 is 1.81 bits per heavy atom. The average molecular weight is 227 g/mol. The van der Waals surface area contributed by atoms with Crippen molar-refractivity contribution in [1.29, 1.82) is 0 Å². The third kappa shape index (κ3) is 5.11. The van der Waals surface area contributed by atoms with E-state index in [1.54, 1.807) is 0 Å². The summed E-state index contributed by atoms with van der Waals surface area (Å²) in [5, 5.41) is 5.70. The van der Waals surface area contributed by atoms with E-state index in [1.807, 2.05) is 4.90 Å². The molecule has 0 saturated carbocycles. The normalized spacial score (nSPS) is 15.9. The average Bonchev–Trinajstić information content (AvgIpc) is 2.29. The molecule has 0 bridgehead atoms. The maximum atomic E-state index is 11.7. The first-order valence-electron chi connectivity index (χ1n) is 5.93. The number of piperidine rings is 1. The van der Waals surface area contributed by atoms with Gasteiger partial charge in [0.15, 0.2) is 0 Å². The Balaban J connectivity index is 2.03. The highest BCUT2D eigenvalue weighted by Crippen LogP contribution is 2.07. The van der Waals surface area contributed by atoms with E-state index in [0.717, 1.165) is 25.9 Å².